The van der Waals surface area contributed by atoms with Crippen LogP contribution in [-0.4, -0.2) is 17.5 Å². The van der Waals surface area contributed by atoms with Crippen LogP contribution in [0.1, 0.15) is 12.5 Å². The van der Waals surface area contributed by atoms with Crippen molar-refractivity contribution in [2.45, 2.75) is 6.92 Å². The number of hydrogen-bond donors (Lipinski definition) is 0. The van der Waals surface area contributed by atoms with E-state index in [9.17, 15) is 14.9 Å². The topological polar surface area (TPSA) is 93.2 Å². The first-order valence-electron chi connectivity index (χ1n) is 5.78. The SMILES string of the molecule is CCOC(=O)/C(C#N)=C/C=C/c1ccc([N+](=O)[O-])cc1. The fraction of sp³-hybridized carbons (Fsp3) is 0.143. The van der Waals surface area contributed by atoms with Gasteiger partial charge < -0.3 is 4.74 Å². The van der Waals surface area contributed by atoms with Crippen LogP contribution in [0.15, 0.2) is 42.0 Å². The highest BCUT2D eigenvalue weighted by Gasteiger charge is 2.07. The predicted molar refractivity (Wildman–Crippen MR) is 72.5 cm³/mol. The Bertz CT molecular complexity index is 595. The van der Waals surface area contributed by atoms with Crippen molar-refractivity contribution in [1.82, 2.24) is 0 Å². The molecule has 0 aliphatic carbocycles. The minimum Gasteiger partial charge on any atom is -0.462 e. The number of nitro benzene ring substituents is 1. The quantitative estimate of drug-likeness (QED) is 0.205. The summed E-state index contributed by atoms with van der Waals surface area (Å²) in [7, 11) is 0. The standard InChI is InChI=1S/C14H12N2O4/c1-2-20-14(17)12(10-15)5-3-4-11-6-8-13(9-7-11)16(18)19/h3-9H,2H2,1H3/b4-3+,12-5+. The molecule has 6 nitrogen and oxygen atoms in total. The molecule has 1 rings (SSSR count). The third-order valence-corrected chi connectivity index (χ3v) is 2.27. The van der Waals surface area contributed by atoms with Gasteiger partial charge in [0, 0.05) is 12.1 Å². The smallest absolute Gasteiger partial charge is 0.348 e. The third kappa shape index (κ3) is 4.38. The molecule has 0 aliphatic heterocycles. The number of esters is 1. The zero-order valence-corrected chi connectivity index (χ0v) is 10.8. The fourth-order valence-electron chi connectivity index (χ4n) is 1.32. The van der Waals surface area contributed by atoms with Crippen LogP contribution < -0.4 is 0 Å². The second-order valence-electron chi connectivity index (χ2n) is 3.62. The molecule has 102 valence electrons. The second-order valence-corrected chi connectivity index (χ2v) is 3.62. The van der Waals surface area contributed by atoms with Crippen LogP contribution in [0.4, 0.5) is 5.69 Å². The Morgan fingerprint density at radius 3 is 2.60 bits per heavy atom. The first-order chi connectivity index (χ1) is 9.58. The number of carbonyl (C=O) groups excluding carboxylic acids is 1. The van der Waals surface area contributed by atoms with Crippen LogP contribution in [0.5, 0.6) is 0 Å². The van der Waals surface area contributed by atoms with Gasteiger partial charge in [-0.05, 0) is 30.7 Å². The lowest BCUT2D eigenvalue weighted by atomic mass is 10.2. The van der Waals surface area contributed by atoms with Gasteiger partial charge in [-0.2, -0.15) is 5.26 Å². The maximum absolute atomic E-state index is 11.3. The molecule has 0 saturated heterocycles. The van der Waals surface area contributed by atoms with Gasteiger partial charge in [0.2, 0.25) is 0 Å². The minimum atomic E-state index is -0.677. The van der Waals surface area contributed by atoms with Crippen LogP contribution in [0, 0.1) is 21.4 Å². The number of nitriles is 1. The zero-order valence-electron chi connectivity index (χ0n) is 10.8. The molecule has 6 heteroatoms. The van der Waals surface area contributed by atoms with Gasteiger partial charge in [0.05, 0.1) is 11.5 Å². The summed E-state index contributed by atoms with van der Waals surface area (Å²) in [6, 6.07) is 7.63. The number of nitrogens with zero attached hydrogens (tertiary/aromatic N) is 2. The number of benzene rings is 1. The summed E-state index contributed by atoms with van der Waals surface area (Å²) in [6.45, 7) is 1.85. The lowest BCUT2D eigenvalue weighted by molar-refractivity contribution is -0.384. The molecule has 0 amide bonds. The van der Waals surface area contributed by atoms with E-state index in [1.807, 2.05) is 0 Å². The van der Waals surface area contributed by atoms with E-state index < -0.39 is 10.9 Å². The highest BCUT2D eigenvalue weighted by Crippen LogP contribution is 2.13. The first-order valence-corrected chi connectivity index (χ1v) is 5.78. The first kappa shape index (κ1) is 15.1. The van der Waals surface area contributed by atoms with Crippen molar-refractivity contribution in [3.63, 3.8) is 0 Å². The summed E-state index contributed by atoms with van der Waals surface area (Å²) >= 11 is 0. The van der Waals surface area contributed by atoms with Crippen LogP contribution in [0.25, 0.3) is 6.08 Å². The van der Waals surface area contributed by atoms with Crippen molar-refractivity contribution in [2.24, 2.45) is 0 Å². The molecule has 1 aromatic rings. The third-order valence-electron chi connectivity index (χ3n) is 2.27. The van der Waals surface area contributed by atoms with E-state index in [2.05, 4.69) is 0 Å². The summed E-state index contributed by atoms with van der Waals surface area (Å²) < 4.78 is 4.70. The Morgan fingerprint density at radius 2 is 2.10 bits per heavy atom. The Balaban J connectivity index is 2.79. The van der Waals surface area contributed by atoms with Crippen LogP contribution in [0.2, 0.25) is 0 Å². The van der Waals surface area contributed by atoms with E-state index >= 15 is 0 Å². The Kier molecular flexibility index (Phi) is 5.66. The highest BCUT2D eigenvalue weighted by atomic mass is 16.6. The number of allylic oxidation sites excluding steroid dienone is 2. The number of nitro groups is 1. The molecule has 0 aromatic heterocycles. The van der Waals surface area contributed by atoms with Crippen molar-refractivity contribution in [3.05, 3.63) is 57.7 Å². The van der Waals surface area contributed by atoms with E-state index in [1.54, 1.807) is 31.2 Å². The van der Waals surface area contributed by atoms with Gasteiger partial charge in [-0.15, -0.1) is 0 Å². The van der Waals surface area contributed by atoms with E-state index in [-0.39, 0.29) is 17.9 Å². The number of hydrogen-bond acceptors (Lipinski definition) is 5. The van der Waals surface area contributed by atoms with Crippen molar-refractivity contribution in [1.29, 1.82) is 5.26 Å². The number of ether oxygens (including phenoxy) is 1. The van der Waals surface area contributed by atoms with E-state index in [0.29, 0.717) is 5.56 Å². The number of non-ortho nitro benzene ring substituents is 1. The van der Waals surface area contributed by atoms with E-state index in [4.69, 9.17) is 10.00 Å². The largest absolute Gasteiger partial charge is 0.462 e. The molecule has 1 aromatic carbocycles. The summed E-state index contributed by atoms with van der Waals surface area (Å²) in [5.41, 5.74) is 0.611. The van der Waals surface area contributed by atoms with Crippen LogP contribution in [0.3, 0.4) is 0 Å². The average Bonchev–Trinajstić information content (AvgIpc) is 2.44. The Hall–Kier alpha value is -2.94. The summed E-state index contributed by atoms with van der Waals surface area (Å²) in [5.74, 6) is -0.677. The molecular formula is C14H12N2O4. The highest BCUT2D eigenvalue weighted by molar-refractivity contribution is 5.93. The zero-order chi connectivity index (χ0) is 15.0. The van der Waals surface area contributed by atoms with Crippen LogP contribution >= 0.6 is 0 Å². The van der Waals surface area contributed by atoms with Crippen molar-refractivity contribution in [2.75, 3.05) is 6.61 Å². The Morgan fingerprint density at radius 1 is 1.45 bits per heavy atom. The van der Waals surface area contributed by atoms with Crippen molar-refractivity contribution >= 4 is 17.7 Å². The molecule has 0 unspecified atom stereocenters. The van der Waals surface area contributed by atoms with Gasteiger partial charge in [0.15, 0.2) is 0 Å². The minimum absolute atomic E-state index is 0.00179. The monoisotopic (exact) mass is 272 g/mol. The van der Waals surface area contributed by atoms with Crippen molar-refractivity contribution < 1.29 is 14.5 Å². The molecule has 20 heavy (non-hydrogen) atoms. The molecule has 0 bridgehead atoms. The van der Waals surface area contributed by atoms with Crippen molar-refractivity contribution in [3.8, 4) is 6.07 Å². The van der Waals surface area contributed by atoms with Gasteiger partial charge >= 0.3 is 5.97 Å². The summed E-state index contributed by atoms with van der Waals surface area (Å²) in [4.78, 5) is 21.3. The Labute approximate surface area is 115 Å². The summed E-state index contributed by atoms with van der Waals surface area (Å²) in [5, 5.41) is 19.3. The lowest BCUT2D eigenvalue weighted by Gasteiger charge is -1.97. The molecule has 0 radical (unpaired) electrons. The number of carbonyl (C=O) groups is 1. The second kappa shape index (κ2) is 7.48. The summed E-state index contributed by atoms with van der Waals surface area (Å²) in [6.07, 6.45) is 4.47. The van der Waals surface area contributed by atoms with Crippen LogP contribution in [-0.2, 0) is 9.53 Å². The van der Waals surface area contributed by atoms with E-state index in [0.717, 1.165) is 0 Å². The predicted octanol–water partition coefficient (Wildman–Crippen LogP) is 2.62. The van der Waals surface area contributed by atoms with Gasteiger partial charge in [-0.3, -0.25) is 10.1 Å². The van der Waals surface area contributed by atoms with E-state index in [1.165, 1.54) is 24.3 Å². The maximum Gasteiger partial charge on any atom is 0.348 e. The van der Waals surface area contributed by atoms with Gasteiger partial charge in [0.1, 0.15) is 11.6 Å². The van der Waals surface area contributed by atoms with Gasteiger partial charge in [0.25, 0.3) is 5.69 Å². The lowest BCUT2D eigenvalue weighted by Crippen LogP contribution is -2.05. The normalized spacial score (nSPS) is 11.1. The molecule has 0 aliphatic rings. The molecule has 0 atom stereocenters. The molecule has 0 N–H and O–H groups in total. The average molecular weight is 272 g/mol. The fourth-order valence-corrected chi connectivity index (χ4v) is 1.32. The molecule has 0 saturated carbocycles. The molecule has 0 heterocycles. The number of rotatable bonds is 5. The maximum atomic E-state index is 11.3. The van der Waals surface area contributed by atoms with Gasteiger partial charge in [-0.25, -0.2) is 4.79 Å². The molecule has 0 fully saturated rings. The molecular weight excluding hydrogens is 260 g/mol. The van der Waals surface area contributed by atoms with Gasteiger partial charge in [-0.1, -0.05) is 12.2 Å². The molecule has 0 spiro atoms.